The van der Waals surface area contributed by atoms with Crippen molar-refractivity contribution in [3.05, 3.63) is 10.6 Å². The van der Waals surface area contributed by atoms with Crippen molar-refractivity contribution in [1.29, 1.82) is 0 Å². The van der Waals surface area contributed by atoms with Crippen LogP contribution < -0.4 is 10.2 Å². The molecule has 1 fully saturated rings. The first kappa shape index (κ1) is 16.5. The summed E-state index contributed by atoms with van der Waals surface area (Å²) in [5, 5.41) is 3.60. The summed E-state index contributed by atoms with van der Waals surface area (Å²) in [6, 6.07) is 0. The lowest BCUT2D eigenvalue weighted by Gasteiger charge is -2.25. The third kappa shape index (κ3) is 4.57. The molecular weight excluding hydrogens is 299 g/mol. The van der Waals surface area contributed by atoms with Gasteiger partial charge in [0.05, 0.1) is 4.88 Å². The zero-order chi connectivity index (χ0) is 15.5. The molecule has 0 amide bonds. The number of thiazole rings is 1. The van der Waals surface area contributed by atoms with Crippen molar-refractivity contribution >= 4 is 16.5 Å². The van der Waals surface area contributed by atoms with E-state index in [2.05, 4.69) is 10.3 Å². The Morgan fingerprint density at radius 2 is 1.90 bits per heavy atom. The van der Waals surface area contributed by atoms with Crippen LogP contribution in [-0.4, -0.2) is 24.6 Å². The van der Waals surface area contributed by atoms with Gasteiger partial charge >= 0.3 is 6.18 Å². The molecule has 0 radical (unpaired) electrons. The number of anilines is 1. The highest BCUT2D eigenvalue weighted by Crippen LogP contribution is 2.38. The molecule has 0 spiro atoms. The van der Waals surface area contributed by atoms with Crippen molar-refractivity contribution < 1.29 is 13.2 Å². The van der Waals surface area contributed by atoms with Crippen molar-refractivity contribution in [2.45, 2.75) is 45.8 Å². The zero-order valence-corrected chi connectivity index (χ0v) is 13.3. The maximum absolute atomic E-state index is 13.1. The maximum atomic E-state index is 13.1. The van der Waals surface area contributed by atoms with Gasteiger partial charge in [0.2, 0.25) is 0 Å². The molecule has 1 N–H and O–H groups in total. The average molecular weight is 321 g/mol. The van der Waals surface area contributed by atoms with Crippen molar-refractivity contribution in [2.24, 2.45) is 5.92 Å². The SMILES string of the molecule is CC(C)CNCc1sc(N2CCCCC2)nc1C(F)(F)F. The normalized spacial score (nSPS) is 16.8. The van der Waals surface area contributed by atoms with Gasteiger partial charge < -0.3 is 10.2 Å². The number of halogens is 3. The van der Waals surface area contributed by atoms with E-state index in [-0.39, 0.29) is 6.54 Å². The molecule has 0 aromatic carbocycles. The summed E-state index contributed by atoms with van der Waals surface area (Å²) in [4.78, 5) is 6.16. The van der Waals surface area contributed by atoms with Crippen LogP contribution in [0.3, 0.4) is 0 Å². The molecule has 2 rings (SSSR count). The van der Waals surface area contributed by atoms with Gasteiger partial charge in [0.15, 0.2) is 10.8 Å². The Hall–Kier alpha value is -0.820. The van der Waals surface area contributed by atoms with Crippen LogP contribution in [0.5, 0.6) is 0 Å². The van der Waals surface area contributed by atoms with Crippen LogP contribution in [0, 0.1) is 5.92 Å². The number of hydrogen-bond acceptors (Lipinski definition) is 4. The molecule has 0 bridgehead atoms. The van der Waals surface area contributed by atoms with Crippen LogP contribution in [0.25, 0.3) is 0 Å². The maximum Gasteiger partial charge on any atom is 0.434 e. The van der Waals surface area contributed by atoms with Crippen molar-refractivity contribution in [2.75, 3.05) is 24.5 Å². The fraction of sp³-hybridized carbons (Fsp3) is 0.786. The lowest BCUT2D eigenvalue weighted by Crippen LogP contribution is -2.29. The van der Waals surface area contributed by atoms with Gasteiger partial charge in [-0.3, -0.25) is 0 Å². The predicted molar refractivity (Wildman–Crippen MR) is 79.7 cm³/mol. The van der Waals surface area contributed by atoms with E-state index in [4.69, 9.17) is 0 Å². The van der Waals surface area contributed by atoms with E-state index >= 15 is 0 Å². The highest BCUT2D eigenvalue weighted by Gasteiger charge is 2.38. The van der Waals surface area contributed by atoms with E-state index in [0.717, 1.165) is 32.4 Å². The summed E-state index contributed by atoms with van der Waals surface area (Å²) in [7, 11) is 0. The third-order valence-corrected chi connectivity index (χ3v) is 4.54. The van der Waals surface area contributed by atoms with Gasteiger partial charge in [0.1, 0.15) is 0 Å². The standard InChI is InChI=1S/C14H22F3N3S/c1-10(2)8-18-9-11-12(14(15,16)17)19-13(21-11)20-6-4-3-5-7-20/h10,18H,3-9H2,1-2H3. The average Bonchev–Trinajstić information content (AvgIpc) is 2.83. The van der Waals surface area contributed by atoms with Gasteiger partial charge in [0.25, 0.3) is 0 Å². The van der Waals surface area contributed by atoms with Crippen LogP contribution in [0.4, 0.5) is 18.3 Å². The van der Waals surface area contributed by atoms with Gasteiger partial charge in [-0.2, -0.15) is 13.2 Å². The summed E-state index contributed by atoms with van der Waals surface area (Å²) < 4.78 is 39.3. The largest absolute Gasteiger partial charge is 0.434 e. The summed E-state index contributed by atoms with van der Waals surface area (Å²) in [5.74, 6) is 0.411. The molecule has 0 aliphatic carbocycles. The Morgan fingerprint density at radius 3 is 2.48 bits per heavy atom. The lowest BCUT2D eigenvalue weighted by atomic mass is 10.1. The van der Waals surface area contributed by atoms with Crippen LogP contribution >= 0.6 is 11.3 Å². The second-order valence-electron chi connectivity index (χ2n) is 5.84. The molecule has 1 aliphatic heterocycles. The molecule has 1 saturated heterocycles. The molecule has 0 saturated carbocycles. The van der Waals surface area contributed by atoms with Gasteiger partial charge in [-0.05, 0) is 31.7 Å². The number of nitrogens with zero attached hydrogens (tertiary/aromatic N) is 2. The first-order chi connectivity index (χ1) is 9.88. The van der Waals surface area contributed by atoms with Gasteiger partial charge in [-0.25, -0.2) is 4.98 Å². The number of hydrogen-bond donors (Lipinski definition) is 1. The van der Waals surface area contributed by atoms with Crippen LogP contribution in [0.1, 0.15) is 43.7 Å². The molecule has 21 heavy (non-hydrogen) atoms. The fourth-order valence-electron chi connectivity index (χ4n) is 2.38. The van der Waals surface area contributed by atoms with E-state index in [9.17, 15) is 13.2 Å². The minimum absolute atomic E-state index is 0.235. The third-order valence-electron chi connectivity index (χ3n) is 3.42. The molecule has 1 aromatic heterocycles. The number of rotatable bonds is 5. The number of aromatic nitrogens is 1. The minimum Gasteiger partial charge on any atom is -0.348 e. The van der Waals surface area contributed by atoms with Gasteiger partial charge in [0, 0.05) is 19.6 Å². The number of alkyl halides is 3. The monoisotopic (exact) mass is 321 g/mol. The lowest BCUT2D eigenvalue weighted by molar-refractivity contribution is -0.141. The molecule has 7 heteroatoms. The topological polar surface area (TPSA) is 28.2 Å². The molecule has 2 heterocycles. The summed E-state index contributed by atoms with van der Waals surface area (Å²) in [6.07, 6.45) is -1.17. The minimum atomic E-state index is -4.38. The number of piperidine rings is 1. The molecule has 0 unspecified atom stereocenters. The number of nitrogens with one attached hydrogen (secondary N) is 1. The van der Waals surface area contributed by atoms with E-state index in [0.29, 0.717) is 22.5 Å². The molecule has 1 aromatic rings. The zero-order valence-electron chi connectivity index (χ0n) is 12.5. The van der Waals surface area contributed by atoms with Crippen LogP contribution in [0.2, 0.25) is 0 Å². The summed E-state index contributed by atoms with van der Waals surface area (Å²) in [6.45, 7) is 6.62. The Balaban J connectivity index is 2.14. The first-order valence-corrected chi connectivity index (χ1v) is 8.22. The van der Waals surface area contributed by atoms with Crippen molar-refractivity contribution in [3.8, 4) is 0 Å². The highest BCUT2D eigenvalue weighted by molar-refractivity contribution is 7.15. The van der Waals surface area contributed by atoms with Crippen LogP contribution in [-0.2, 0) is 12.7 Å². The molecule has 3 nitrogen and oxygen atoms in total. The molecule has 1 aliphatic rings. The second-order valence-corrected chi connectivity index (χ2v) is 6.90. The first-order valence-electron chi connectivity index (χ1n) is 7.40. The van der Waals surface area contributed by atoms with Crippen molar-refractivity contribution in [3.63, 3.8) is 0 Å². The smallest absolute Gasteiger partial charge is 0.348 e. The molecular formula is C14H22F3N3S. The highest BCUT2D eigenvalue weighted by atomic mass is 32.1. The summed E-state index contributed by atoms with van der Waals surface area (Å²) >= 11 is 1.18. The van der Waals surface area contributed by atoms with Gasteiger partial charge in [-0.1, -0.05) is 25.2 Å². The molecule has 120 valence electrons. The van der Waals surface area contributed by atoms with Crippen LogP contribution in [0.15, 0.2) is 0 Å². The Bertz CT molecular complexity index is 451. The van der Waals surface area contributed by atoms with E-state index in [1.54, 1.807) is 0 Å². The van der Waals surface area contributed by atoms with E-state index in [1.165, 1.54) is 11.3 Å². The molecule has 0 atom stereocenters. The Kier molecular flexibility index (Phi) is 5.48. The van der Waals surface area contributed by atoms with E-state index in [1.807, 2.05) is 18.7 Å². The summed E-state index contributed by atoms with van der Waals surface area (Å²) in [5.41, 5.74) is -0.718. The predicted octanol–water partition coefficient (Wildman–Crippen LogP) is 3.90. The Morgan fingerprint density at radius 1 is 1.24 bits per heavy atom. The van der Waals surface area contributed by atoms with Gasteiger partial charge in [-0.15, -0.1) is 0 Å². The second kappa shape index (κ2) is 6.96. The quantitative estimate of drug-likeness (QED) is 0.891. The van der Waals surface area contributed by atoms with E-state index < -0.39 is 11.9 Å². The Labute approximate surface area is 127 Å². The fourth-order valence-corrected chi connectivity index (χ4v) is 3.48. The van der Waals surface area contributed by atoms with Crippen molar-refractivity contribution in [1.82, 2.24) is 10.3 Å².